The van der Waals surface area contributed by atoms with Gasteiger partial charge in [0.15, 0.2) is 11.5 Å². The Labute approximate surface area is 153 Å². The van der Waals surface area contributed by atoms with Crippen molar-refractivity contribution in [2.24, 2.45) is 0 Å². The highest BCUT2D eigenvalue weighted by atomic mass is 16.5. The van der Waals surface area contributed by atoms with Crippen LogP contribution in [0.4, 0.5) is 11.5 Å². The smallest absolute Gasteiger partial charge is 0.253 e. The second-order valence-corrected chi connectivity index (χ2v) is 6.68. The van der Waals surface area contributed by atoms with Crippen molar-refractivity contribution < 1.29 is 19.0 Å². The summed E-state index contributed by atoms with van der Waals surface area (Å²) in [5.41, 5.74) is 0.916. The summed E-state index contributed by atoms with van der Waals surface area (Å²) in [6.45, 7) is 5.79. The van der Waals surface area contributed by atoms with Gasteiger partial charge in [0.1, 0.15) is 5.82 Å². The summed E-state index contributed by atoms with van der Waals surface area (Å²) < 4.78 is 16.0. The van der Waals surface area contributed by atoms with Gasteiger partial charge in [0.2, 0.25) is 5.75 Å². The van der Waals surface area contributed by atoms with Gasteiger partial charge in [-0.25, -0.2) is 4.98 Å². The zero-order chi connectivity index (χ0) is 19.3. The molecule has 2 aromatic rings. The second-order valence-electron chi connectivity index (χ2n) is 6.68. The molecule has 0 unspecified atom stereocenters. The molecule has 0 radical (unpaired) electrons. The third kappa shape index (κ3) is 4.78. The number of ether oxygens (including phenoxy) is 3. The highest BCUT2D eigenvalue weighted by Crippen LogP contribution is 2.40. The van der Waals surface area contributed by atoms with Crippen LogP contribution < -0.4 is 24.8 Å². The minimum Gasteiger partial charge on any atom is -0.493 e. The number of carbonyl (C=O) groups excluding carboxylic acids is 1. The fraction of sp³-hybridized carbons (Fsp3) is 0.368. The number of hydrogen-bond donors (Lipinski definition) is 2. The third-order valence-electron chi connectivity index (χ3n) is 3.45. The summed E-state index contributed by atoms with van der Waals surface area (Å²) in [7, 11) is 4.67. The fourth-order valence-corrected chi connectivity index (χ4v) is 2.32. The average Bonchev–Trinajstić information content (AvgIpc) is 2.59. The van der Waals surface area contributed by atoms with Gasteiger partial charge in [0.25, 0.3) is 5.91 Å². The van der Waals surface area contributed by atoms with E-state index in [-0.39, 0.29) is 11.4 Å². The predicted molar refractivity (Wildman–Crippen MR) is 101 cm³/mol. The number of aromatic nitrogens is 1. The Morgan fingerprint density at radius 3 is 2.04 bits per heavy atom. The highest BCUT2D eigenvalue weighted by molar-refractivity contribution is 5.94. The molecule has 1 aromatic heterocycles. The molecule has 0 aliphatic heterocycles. The quantitative estimate of drug-likeness (QED) is 0.823. The van der Waals surface area contributed by atoms with Gasteiger partial charge in [-0.2, -0.15) is 0 Å². The number of amides is 1. The average molecular weight is 359 g/mol. The summed E-state index contributed by atoms with van der Waals surface area (Å²) in [4.78, 5) is 16.4. The van der Waals surface area contributed by atoms with Gasteiger partial charge in [0.05, 0.1) is 26.9 Å². The standard InChI is InChI=1S/C19H25N3O4/c1-19(2,3)22-18(23)12-7-8-16(20-11-12)21-13-9-14(24-4)17(26-6)15(10-13)25-5/h7-11H,1-6H3,(H,20,21)(H,22,23). The van der Waals surface area contributed by atoms with Crippen molar-refractivity contribution in [3.05, 3.63) is 36.0 Å². The molecular formula is C19H25N3O4. The summed E-state index contributed by atoms with van der Waals surface area (Å²) >= 11 is 0. The minimum atomic E-state index is -0.301. The molecule has 0 atom stereocenters. The maximum absolute atomic E-state index is 12.1. The molecule has 1 heterocycles. The van der Waals surface area contributed by atoms with E-state index in [1.807, 2.05) is 20.8 Å². The molecule has 0 spiro atoms. The Morgan fingerprint density at radius 1 is 1.00 bits per heavy atom. The molecule has 2 N–H and O–H groups in total. The van der Waals surface area contributed by atoms with E-state index >= 15 is 0 Å². The minimum absolute atomic E-state index is 0.163. The van der Waals surface area contributed by atoms with Gasteiger partial charge < -0.3 is 24.8 Å². The first-order valence-corrected chi connectivity index (χ1v) is 8.13. The van der Waals surface area contributed by atoms with Crippen LogP contribution in [0.5, 0.6) is 17.2 Å². The number of benzene rings is 1. The molecule has 0 saturated heterocycles. The lowest BCUT2D eigenvalue weighted by molar-refractivity contribution is 0.0919. The van der Waals surface area contributed by atoms with Crippen LogP contribution >= 0.6 is 0 Å². The van der Waals surface area contributed by atoms with Crippen molar-refractivity contribution in [2.75, 3.05) is 26.6 Å². The largest absolute Gasteiger partial charge is 0.493 e. The van der Waals surface area contributed by atoms with Crippen molar-refractivity contribution in [3.63, 3.8) is 0 Å². The van der Waals surface area contributed by atoms with E-state index in [4.69, 9.17) is 14.2 Å². The Hall–Kier alpha value is -2.96. The van der Waals surface area contributed by atoms with E-state index in [1.165, 1.54) is 6.20 Å². The molecule has 0 saturated carbocycles. The first-order valence-electron chi connectivity index (χ1n) is 8.13. The van der Waals surface area contributed by atoms with E-state index in [9.17, 15) is 4.79 Å². The maximum atomic E-state index is 12.1. The summed E-state index contributed by atoms with van der Waals surface area (Å²) in [5.74, 6) is 2.02. The van der Waals surface area contributed by atoms with Gasteiger partial charge in [-0.05, 0) is 32.9 Å². The van der Waals surface area contributed by atoms with Crippen molar-refractivity contribution in [2.45, 2.75) is 26.3 Å². The van der Waals surface area contributed by atoms with E-state index in [0.717, 1.165) is 5.69 Å². The van der Waals surface area contributed by atoms with Gasteiger partial charge >= 0.3 is 0 Å². The molecule has 7 nitrogen and oxygen atoms in total. The highest BCUT2D eigenvalue weighted by Gasteiger charge is 2.16. The lowest BCUT2D eigenvalue weighted by Gasteiger charge is -2.20. The van der Waals surface area contributed by atoms with Crippen molar-refractivity contribution in [1.82, 2.24) is 10.3 Å². The van der Waals surface area contributed by atoms with Crippen LogP contribution in [0, 0.1) is 0 Å². The molecule has 140 valence electrons. The van der Waals surface area contributed by atoms with E-state index in [2.05, 4.69) is 15.6 Å². The molecule has 0 bridgehead atoms. The van der Waals surface area contributed by atoms with Crippen LogP contribution in [0.1, 0.15) is 31.1 Å². The number of rotatable bonds is 6. The maximum Gasteiger partial charge on any atom is 0.253 e. The molecule has 26 heavy (non-hydrogen) atoms. The topological polar surface area (TPSA) is 81.7 Å². The molecule has 0 fully saturated rings. The number of anilines is 2. The second kappa shape index (κ2) is 7.95. The Balaban J connectivity index is 2.20. The zero-order valence-corrected chi connectivity index (χ0v) is 16.0. The van der Waals surface area contributed by atoms with Gasteiger partial charge in [-0.15, -0.1) is 0 Å². The van der Waals surface area contributed by atoms with Gasteiger partial charge in [-0.3, -0.25) is 4.79 Å². The fourth-order valence-electron chi connectivity index (χ4n) is 2.32. The predicted octanol–water partition coefficient (Wildman–Crippen LogP) is 3.38. The SMILES string of the molecule is COc1cc(Nc2ccc(C(=O)NC(C)(C)C)cn2)cc(OC)c1OC. The van der Waals surface area contributed by atoms with Crippen LogP contribution in [0.15, 0.2) is 30.5 Å². The van der Waals surface area contributed by atoms with Crippen LogP contribution in [-0.4, -0.2) is 37.8 Å². The van der Waals surface area contributed by atoms with E-state index < -0.39 is 0 Å². The van der Waals surface area contributed by atoms with Crippen LogP contribution in [0.3, 0.4) is 0 Å². The lowest BCUT2D eigenvalue weighted by atomic mass is 10.1. The molecule has 2 rings (SSSR count). The number of pyridine rings is 1. The van der Waals surface area contributed by atoms with Gasteiger partial charge in [-0.1, -0.05) is 0 Å². The first kappa shape index (κ1) is 19.4. The molecule has 1 aromatic carbocycles. The first-order chi connectivity index (χ1) is 12.3. The van der Waals surface area contributed by atoms with Crippen molar-refractivity contribution in [1.29, 1.82) is 0 Å². The zero-order valence-electron chi connectivity index (χ0n) is 16.0. The van der Waals surface area contributed by atoms with Crippen LogP contribution in [0.2, 0.25) is 0 Å². The molecular weight excluding hydrogens is 334 g/mol. The Bertz CT molecular complexity index is 742. The van der Waals surface area contributed by atoms with Crippen molar-refractivity contribution >= 4 is 17.4 Å². The van der Waals surface area contributed by atoms with Crippen molar-refractivity contribution in [3.8, 4) is 17.2 Å². The number of hydrogen-bond acceptors (Lipinski definition) is 6. The third-order valence-corrected chi connectivity index (χ3v) is 3.45. The summed E-state index contributed by atoms with van der Waals surface area (Å²) in [5, 5.41) is 6.06. The van der Waals surface area contributed by atoms with Crippen LogP contribution in [0.25, 0.3) is 0 Å². The number of nitrogens with zero attached hydrogens (tertiary/aromatic N) is 1. The lowest BCUT2D eigenvalue weighted by Crippen LogP contribution is -2.40. The van der Waals surface area contributed by atoms with E-state index in [1.54, 1.807) is 45.6 Å². The van der Waals surface area contributed by atoms with E-state index in [0.29, 0.717) is 28.6 Å². The summed E-state index contributed by atoms with van der Waals surface area (Å²) in [6, 6.07) is 7.02. The molecule has 0 aliphatic carbocycles. The molecule has 0 aliphatic rings. The van der Waals surface area contributed by atoms with Gasteiger partial charge in [0, 0.05) is 29.6 Å². The number of carbonyl (C=O) groups is 1. The van der Waals surface area contributed by atoms with Crippen LogP contribution in [-0.2, 0) is 0 Å². The number of nitrogens with one attached hydrogen (secondary N) is 2. The Kier molecular flexibility index (Phi) is 5.92. The number of methoxy groups -OCH3 is 3. The molecule has 1 amide bonds. The Morgan fingerprint density at radius 2 is 1.62 bits per heavy atom. The summed E-state index contributed by atoms with van der Waals surface area (Å²) in [6.07, 6.45) is 1.53. The monoisotopic (exact) mass is 359 g/mol. The normalized spacial score (nSPS) is 10.8. The molecule has 7 heteroatoms.